The Morgan fingerprint density at radius 1 is 1.03 bits per heavy atom. The molecule has 0 saturated heterocycles. The molecule has 6 nitrogen and oxygen atoms in total. The van der Waals surface area contributed by atoms with E-state index in [2.05, 4.69) is 35.4 Å². The van der Waals surface area contributed by atoms with Crippen LogP contribution in [0.15, 0.2) is 53.1 Å². The van der Waals surface area contributed by atoms with E-state index < -0.39 is 0 Å². The first-order valence-corrected chi connectivity index (χ1v) is 10.4. The van der Waals surface area contributed by atoms with Crippen LogP contribution in [0, 0.1) is 6.92 Å². The van der Waals surface area contributed by atoms with Gasteiger partial charge in [-0.3, -0.25) is 14.5 Å². The lowest BCUT2D eigenvalue weighted by molar-refractivity contribution is 0.0995. The monoisotopic (exact) mass is 411 g/mol. The second-order valence-corrected chi connectivity index (χ2v) is 7.72. The minimum Gasteiger partial charge on any atom is -0.459 e. The van der Waals surface area contributed by atoms with Crippen molar-refractivity contribution in [3.63, 3.8) is 0 Å². The second-order valence-electron chi connectivity index (χ2n) is 6.67. The standard InChI is InChI=1S/C22H25N3O3S/c1-4-25(5-2)14-16-8-6-9-17(13-16)23-22(27)20-15(3)12-19(29-20)24-21(26)18-10-7-11-28-18/h6-13H,4-5,14H2,1-3H3,(H,23,27)(H,24,26). The lowest BCUT2D eigenvalue weighted by Crippen LogP contribution is -2.22. The third-order valence-corrected chi connectivity index (χ3v) is 5.74. The van der Waals surface area contributed by atoms with E-state index in [0.717, 1.165) is 36.4 Å². The molecule has 2 aromatic heterocycles. The van der Waals surface area contributed by atoms with Gasteiger partial charge in [0, 0.05) is 12.2 Å². The normalized spacial score (nSPS) is 10.9. The Labute approximate surface area is 174 Å². The Morgan fingerprint density at radius 2 is 1.83 bits per heavy atom. The molecule has 0 radical (unpaired) electrons. The Kier molecular flexibility index (Phi) is 6.85. The number of aryl methyl sites for hydroxylation is 1. The van der Waals surface area contributed by atoms with Crippen LogP contribution in [0.3, 0.4) is 0 Å². The minimum absolute atomic E-state index is 0.189. The zero-order chi connectivity index (χ0) is 20.8. The smallest absolute Gasteiger partial charge is 0.291 e. The Hall–Kier alpha value is -2.90. The highest BCUT2D eigenvalue weighted by molar-refractivity contribution is 7.18. The van der Waals surface area contributed by atoms with E-state index in [0.29, 0.717) is 9.88 Å². The highest BCUT2D eigenvalue weighted by atomic mass is 32.1. The van der Waals surface area contributed by atoms with Gasteiger partial charge in [-0.05, 0) is 61.5 Å². The third kappa shape index (κ3) is 5.34. The van der Waals surface area contributed by atoms with Gasteiger partial charge in [0.1, 0.15) is 0 Å². The summed E-state index contributed by atoms with van der Waals surface area (Å²) in [7, 11) is 0. The summed E-state index contributed by atoms with van der Waals surface area (Å²) < 4.78 is 5.10. The number of furan rings is 1. The van der Waals surface area contributed by atoms with Gasteiger partial charge >= 0.3 is 0 Å². The number of amides is 2. The first kappa shape index (κ1) is 20.8. The van der Waals surface area contributed by atoms with Crippen LogP contribution in [0.5, 0.6) is 0 Å². The van der Waals surface area contributed by atoms with E-state index >= 15 is 0 Å². The molecule has 0 atom stereocenters. The molecule has 0 saturated carbocycles. The topological polar surface area (TPSA) is 74.6 Å². The molecule has 2 heterocycles. The highest BCUT2D eigenvalue weighted by Gasteiger charge is 2.17. The lowest BCUT2D eigenvalue weighted by atomic mass is 10.2. The highest BCUT2D eigenvalue weighted by Crippen LogP contribution is 2.28. The van der Waals surface area contributed by atoms with Crippen LogP contribution in [0.1, 0.15) is 45.2 Å². The van der Waals surface area contributed by atoms with E-state index in [1.165, 1.54) is 17.6 Å². The van der Waals surface area contributed by atoms with Crippen molar-refractivity contribution in [2.75, 3.05) is 23.7 Å². The molecule has 29 heavy (non-hydrogen) atoms. The average molecular weight is 412 g/mol. The van der Waals surface area contributed by atoms with Crippen LogP contribution < -0.4 is 10.6 Å². The van der Waals surface area contributed by atoms with Crippen LogP contribution in [0.2, 0.25) is 0 Å². The number of thiophene rings is 1. The molecule has 1 aromatic carbocycles. The van der Waals surface area contributed by atoms with Gasteiger partial charge in [-0.2, -0.15) is 0 Å². The Balaban J connectivity index is 1.68. The van der Waals surface area contributed by atoms with Crippen molar-refractivity contribution in [3.8, 4) is 0 Å². The number of benzene rings is 1. The van der Waals surface area contributed by atoms with E-state index in [-0.39, 0.29) is 17.6 Å². The summed E-state index contributed by atoms with van der Waals surface area (Å²) in [6, 6.07) is 12.9. The maximum atomic E-state index is 12.8. The van der Waals surface area contributed by atoms with Gasteiger partial charge < -0.3 is 15.1 Å². The number of nitrogens with one attached hydrogen (secondary N) is 2. The van der Waals surface area contributed by atoms with Gasteiger partial charge in [0.2, 0.25) is 0 Å². The molecule has 0 spiro atoms. The maximum Gasteiger partial charge on any atom is 0.291 e. The number of carbonyl (C=O) groups excluding carboxylic acids is 2. The number of carbonyl (C=O) groups is 2. The van der Waals surface area contributed by atoms with E-state index in [1.54, 1.807) is 18.2 Å². The molecule has 152 valence electrons. The summed E-state index contributed by atoms with van der Waals surface area (Å²) in [6.07, 6.45) is 1.45. The zero-order valence-electron chi connectivity index (χ0n) is 16.8. The molecular weight excluding hydrogens is 386 g/mol. The summed E-state index contributed by atoms with van der Waals surface area (Å²) in [6.45, 7) is 8.93. The van der Waals surface area contributed by atoms with Crippen molar-refractivity contribution >= 4 is 33.8 Å². The van der Waals surface area contributed by atoms with Crippen LogP contribution in [0.4, 0.5) is 10.7 Å². The fourth-order valence-electron chi connectivity index (χ4n) is 2.99. The first-order chi connectivity index (χ1) is 14.0. The predicted molar refractivity (Wildman–Crippen MR) is 117 cm³/mol. The Morgan fingerprint density at radius 3 is 2.52 bits per heavy atom. The van der Waals surface area contributed by atoms with Gasteiger partial charge in [-0.25, -0.2) is 0 Å². The number of rotatable bonds is 8. The molecule has 0 aliphatic heterocycles. The number of nitrogens with zero attached hydrogens (tertiary/aromatic N) is 1. The molecule has 0 bridgehead atoms. The zero-order valence-corrected chi connectivity index (χ0v) is 17.6. The number of hydrogen-bond acceptors (Lipinski definition) is 5. The Bertz CT molecular complexity index is 975. The van der Waals surface area contributed by atoms with Gasteiger partial charge in [-0.15, -0.1) is 11.3 Å². The summed E-state index contributed by atoms with van der Waals surface area (Å²) >= 11 is 1.24. The lowest BCUT2D eigenvalue weighted by Gasteiger charge is -2.18. The predicted octanol–water partition coefficient (Wildman–Crippen LogP) is 5.00. The van der Waals surface area contributed by atoms with Crippen LogP contribution in [-0.2, 0) is 6.54 Å². The molecule has 0 fully saturated rings. The summed E-state index contributed by atoms with van der Waals surface area (Å²) in [5.74, 6) is -0.301. The average Bonchev–Trinajstić information content (AvgIpc) is 3.36. The van der Waals surface area contributed by atoms with Crippen molar-refractivity contribution in [3.05, 3.63) is 70.5 Å². The first-order valence-electron chi connectivity index (χ1n) is 9.58. The van der Waals surface area contributed by atoms with Crippen molar-refractivity contribution in [2.45, 2.75) is 27.3 Å². The maximum absolute atomic E-state index is 12.8. The van der Waals surface area contributed by atoms with E-state index in [9.17, 15) is 9.59 Å². The SMILES string of the molecule is CCN(CC)Cc1cccc(NC(=O)c2sc(NC(=O)c3ccco3)cc2C)c1. The van der Waals surface area contributed by atoms with Gasteiger partial charge in [0.15, 0.2) is 5.76 Å². The van der Waals surface area contributed by atoms with Crippen LogP contribution in [0.25, 0.3) is 0 Å². The molecule has 2 N–H and O–H groups in total. The van der Waals surface area contributed by atoms with Gasteiger partial charge in [-0.1, -0.05) is 26.0 Å². The molecule has 0 aliphatic rings. The van der Waals surface area contributed by atoms with E-state index in [1.807, 2.05) is 25.1 Å². The molecule has 0 aliphatic carbocycles. The molecule has 3 rings (SSSR count). The quantitative estimate of drug-likeness (QED) is 0.547. The molecule has 7 heteroatoms. The van der Waals surface area contributed by atoms with Crippen molar-refractivity contribution < 1.29 is 14.0 Å². The number of anilines is 2. The fraction of sp³-hybridized carbons (Fsp3) is 0.273. The fourth-order valence-corrected chi connectivity index (χ4v) is 3.95. The van der Waals surface area contributed by atoms with Gasteiger partial charge in [0.25, 0.3) is 11.8 Å². The third-order valence-electron chi connectivity index (χ3n) is 4.59. The largest absolute Gasteiger partial charge is 0.459 e. The van der Waals surface area contributed by atoms with Crippen LogP contribution in [-0.4, -0.2) is 29.8 Å². The van der Waals surface area contributed by atoms with Gasteiger partial charge in [0.05, 0.1) is 16.1 Å². The van der Waals surface area contributed by atoms with E-state index in [4.69, 9.17) is 4.42 Å². The van der Waals surface area contributed by atoms with Crippen molar-refractivity contribution in [1.82, 2.24) is 4.90 Å². The summed E-state index contributed by atoms with van der Waals surface area (Å²) in [5.41, 5.74) is 2.72. The van der Waals surface area contributed by atoms with Crippen molar-refractivity contribution in [2.24, 2.45) is 0 Å². The second kappa shape index (κ2) is 9.54. The van der Waals surface area contributed by atoms with Crippen molar-refractivity contribution in [1.29, 1.82) is 0 Å². The summed E-state index contributed by atoms with van der Waals surface area (Å²) in [4.78, 5) is 27.8. The molecule has 0 unspecified atom stereocenters. The molecular formula is C22H25N3O3S. The van der Waals surface area contributed by atoms with Crippen LogP contribution >= 0.6 is 11.3 Å². The number of hydrogen-bond donors (Lipinski definition) is 2. The molecule has 3 aromatic rings. The molecule has 2 amide bonds. The summed E-state index contributed by atoms with van der Waals surface area (Å²) in [5, 5.41) is 6.33. The minimum atomic E-state index is -0.340.